The number of Topliss-reactive ketones (excluding diaryl/α,β-unsaturated/α-hetero) is 1. The lowest BCUT2D eigenvalue weighted by molar-refractivity contribution is -0.384. The summed E-state index contributed by atoms with van der Waals surface area (Å²) >= 11 is 0.853. The molecule has 0 radical (unpaired) electrons. The van der Waals surface area contributed by atoms with E-state index in [-0.39, 0.29) is 44.7 Å². The van der Waals surface area contributed by atoms with Gasteiger partial charge in [-0.3, -0.25) is 24.6 Å². The minimum absolute atomic E-state index is 0.0119. The fraction of sp³-hybridized carbons (Fsp3) is 0.286. The third-order valence-corrected chi connectivity index (χ3v) is 7.32. The average Bonchev–Trinajstić information content (AvgIpc) is 3.45. The molecule has 1 N–H and O–H groups in total. The van der Waals surface area contributed by atoms with Gasteiger partial charge >= 0.3 is 11.9 Å². The van der Waals surface area contributed by atoms with Crippen LogP contribution in [0.5, 0.6) is 5.75 Å². The van der Waals surface area contributed by atoms with E-state index >= 15 is 0 Å². The molecule has 1 saturated heterocycles. The van der Waals surface area contributed by atoms with Crippen molar-refractivity contribution in [3.63, 3.8) is 0 Å². The number of aryl methyl sites for hydroxylation is 1. The summed E-state index contributed by atoms with van der Waals surface area (Å²) in [6.45, 7) is 5.92. The van der Waals surface area contributed by atoms with Gasteiger partial charge in [0.1, 0.15) is 16.4 Å². The molecule has 1 unspecified atom stereocenters. The Morgan fingerprint density at radius 2 is 1.90 bits per heavy atom. The molecular formula is C28H27N3O8S. The summed E-state index contributed by atoms with van der Waals surface area (Å²) in [6, 6.07) is 10.6. The lowest BCUT2D eigenvalue weighted by Gasteiger charge is -2.22. The summed E-state index contributed by atoms with van der Waals surface area (Å²) in [6.07, 6.45) is 1.85. The van der Waals surface area contributed by atoms with Crippen LogP contribution >= 0.6 is 11.3 Å². The smallest absolute Gasteiger partial charge is 0.350 e. The number of carbonyl (C=O) groups excluding carboxylic acids is 3. The third-order valence-electron chi connectivity index (χ3n) is 6.19. The van der Waals surface area contributed by atoms with Gasteiger partial charge < -0.3 is 14.6 Å². The number of benzene rings is 2. The van der Waals surface area contributed by atoms with Gasteiger partial charge in [0.15, 0.2) is 5.13 Å². The Balaban J connectivity index is 1.85. The molecule has 0 saturated carbocycles. The number of nitro benzene ring substituents is 1. The van der Waals surface area contributed by atoms with E-state index in [0.717, 1.165) is 29.1 Å². The number of nitrogens with zero attached hydrogens (tertiary/aromatic N) is 3. The fourth-order valence-electron chi connectivity index (χ4n) is 4.22. The number of non-ortho nitro benzene ring substituents is 1. The molecule has 3 aromatic rings. The minimum Gasteiger partial charge on any atom is -0.507 e. The van der Waals surface area contributed by atoms with Gasteiger partial charge in [-0.25, -0.2) is 9.78 Å². The van der Waals surface area contributed by atoms with Crippen LogP contribution in [0.3, 0.4) is 0 Å². The highest BCUT2D eigenvalue weighted by Gasteiger charge is 2.48. The summed E-state index contributed by atoms with van der Waals surface area (Å²) in [5.41, 5.74) is 0.213. The molecule has 0 aliphatic carbocycles. The number of aliphatic hydroxyl groups excluding tert-OH is 1. The molecule has 11 nitrogen and oxygen atoms in total. The van der Waals surface area contributed by atoms with E-state index < -0.39 is 34.4 Å². The number of amides is 1. The van der Waals surface area contributed by atoms with Crippen molar-refractivity contribution in [2.75, 3.05) is 18.1 Å². The zero-order valence-corrected chi connectivity index (χ0v) is 22.9. The molecule has 1 atom stereocenters. The fourth-order valence-corrected chi connectivity index (χ4v) is 5.21. The molecule has 208 valence electrons. The quantitative estimate of drug-likeness (QED) is 0.0653. The minimum atomic E-state index is -1.25. The molecule has 40 heavy (non-hydrogen) atoms. The zero-order valence-electron chi connectivity index (χ0n) is 22.1. The molecule has 2 aromatic carbocycles. The Morgan fingerprint density at radius 1 is 1.18 bits per heavy atom. The number of esters is 1. The van der Waals surface area contributed by atoms with Gasteiger partial charge in [-0.05, 0) is 50.1 Å². The molecule has 0 spiro atoms. The van der Waals surface area contributed by atoms with E-state index in [4.69, 9.17) is 9.47 Å². The first-order valence-corrected chi connectivity index (χ1v) is 13.4. The normalized spacial score (nSPS) is 16.3. The number of unbranched alkanes of at least 4 members (excludes halogenated alkanes) is 1. The molecule has 2 heterocycles. The number of ketones is 1. The highest BCUT2D eigenvalue weighted by molar-refractivity contribution is 7.17. The predicted octanol–water partition coefficient (Wildman–Crippen LogP) is 5.34. The van der Waals surface area contributed by atoms with E-state index in [2.05, 4.69) is 4.98 Å². The SMILES string of the molecule is CCCCOc1ccc(/C(O)=C2/C(=O)C(=O)N(c3nc(C)c(C(=O)OCC)s3)C2c2cccc([N+](=O)[O-])c2)cc1. The van der Waals surface area contributed by atoms with Gasteiger partial charge in [-0.1, -0.05) is 36.8 Å². The van der Waals surface area contributed by atoms with Gasteiger partial charge in [0, 0.05) is 17.7 Å². The number of thiazole rings is 1. The van der Waals surface area contributed by atoms with Crippen LogP contribution in [0.2, 0.25) is 0 Å². The van der Waals surface area contributed by atoms with Gasteiger partial charge in [-0.2, -0.15) is 0 Å². The number of hydrogen-bond donors (Lipinski definition) is 1. The maximum atomic E-state index is 13.4. The summed E-state index contributed by atoms with van der Waals surface area (Å²) in [7, 11) is 0. The first-order valence-electron chi connectivity index (χ1n) is 12.6. The van der Waals surface area contributed by atoms with E-state index in [1.54, 1.807) is 38.1 Å². The van der Waals surface area contributed by atoms with Gasteiger partial charge in [0.25, 0.3) is 11.5 Å². The molecule has 12 heteroatoms. The van der Waals surface area contributed by atoms with Crippen LogP contribution in [0, 0.1) is 17.0 Å². The number of aliphatic hydroxyl groups is 1. The number of nitro groups is 1. The summed E-state index contributed by atoms with van der Waals surface area (Å²) < 4.78 is 10.7. The van der Waals surface area contributed by atoms with Crippen molar-refractivity contribution in [3.8, 4) is 5.75 Å². The Labute approximate surface area is 233 Å². The Bertz CT molecular complexity index is 1500. The van der Waals surface area contributed by atoms with Crippen LogP contribution < -0.4 is 9.64 Å². The van der Waals surface area contributed by atoms with E-state index in [9.17, 15) is 29.6 Å². The number of anilines is 1. The van der Waals surface area contributed by atoms with Crippen molar-refractivity contribution >= 4 is 45.6 Å². The van der Waals surface area contributed by atoms with Crippen molar-refractivity contribution in [3.05, 3.63) is 85.9 Å². The van der Waals surface area contributed by atoms with Crippen molar-refractivity contribution < 1.29 is 33.9 Å². The zero-order chi connectivity index (χ0) is 29.0. The standard InChI is InChI=1S/C28H27N3O8S/c1-4-6-14-39-20-12-10-17(11-13-20)23(32)21-22(18-8-7-9-19(15-18)31(36)37)30(26(34)24(21)33)28-29-16(3)25(40-28)27(35)38-5-2/h7-13,15,22,32H,4-6,14H2,1-3H3/b23-21-. The highest BCUT2D eigenvalue weighted by Crippen LogP contribution is 2.44. The summed E-state index contributed by atoms with van der Waals surface area (Å²) in [5.74, 6) is -2.51. The first-order chi connectivity index (χ1) is 19.2. The molecule has 1 aliphatic heterocycles. The Hall–Kier alpha value is -4.58. The largest absolute Gasteiger partial charge is 0.507 e. The van der Waals surface area contributed by atoms with Crippen LogP contribution in [0.15, 0.2) is 54.1 Å². The number of rotatable bonds is 10. The molecule has 4 rings (SSSR count). The first kappa shape index (κ1) is 28.4. The number of hydrogen-bond acceptors (Lipinski definition) is 10. The van der Waals surface area contributed by atoms with Gasteiger partial charge in [0.05, 0.1) is 35.4 Å². The predicted molar refractivity (Wildman–Crippen MR) is 148 cm³/mol. The van der Waals surface area contributed by atoms with Crippen LogP contribution in [0.1, 0.15) is 59.2 Å². The van der Waals surface area contributed by atoms with E-state index in [1.165, 1.54) is 24.3 Å². The second-order valence-corrected chi connectivity index (χ2v) is 9.86. The lowest BCUT2D eigenvalue weighted by Crippen LogP contribution is -2.29. The molecule has 1 aromatic heterocycles. The maximum absolute atomic E-state index is 13.4. The number of aromatic nitrogens is 1. The molecule has 1 fully saturated rings. The number of carbonyl (C=O) groups is 3. The van der Waals surface area contributed by atoms with Crippen LogP contribution in [-0.4, -0.2) is 45.9 Å². The third kappa shape index (κ3) is 5.57. The van der Waals surface area contributed by atoms with Crippen molar-refractivity contribution in [1.82, 2.24) is 4.98 Å². The maximum Gasteiger partial charge on any atom is 0.350 e. The van der Waals surface area contributed by atoms with E-state index in [0.29, 0.717) is 12.4 Å². The van der Waals surface area contributed by atoms with Crippen LogP contribution in [-0.2, 0) is 14.3 Å². The molecule has 1 amide bonds. The second kappa shape index (κ2) is 12.1. The van der Waals surface area contributed by atoms with Crippen LogP contribution in [0.25, 0.3) is 5.76 Å². The Morgan fingerprint density at radius 3 is 2.55 bits per heavy atom. The summed E-state index contributed by atoms with van der Waals surface area (Å²) in [4.78, 5) is 55.7. The highest BCUT2D eigenvalue weighted by atomic mass is 32.1. The second-order valence-electron chi connectivity index (χ2n) is 8.88. The topological polar surface area (TPSA) is 149 Å². The van der Waals surface area contributed by atoms with Crippen LogP contribution in [0.4, 0.5) is 10.8 Å². The molecule has 0 bridgehead atoms. The number of ether oxygens (including phenoxy) is 2. The van der Waals surface area contributed by atoms with Gasteiger partial charge in [-0.15, -0.1) is 0 Å². The van der Waals surface area contributed by atoms with Gasteiger partial charge in [0.2, 0.25) is 0 Å². The van der Waals surface area contributed by atoms with Crippen molar-refractivity contribution in [1.29, 1.82) is 0 Å². The average molecular weight is 566 g/mol. The lowest BCUT2D eigenvalue weighted by atomic mass is 9.95. The summed E-state index contributed by atoms with van der Waals surface area (Å²) in [5, 5.41) is 22.9. The Kier molecular flexibility index (Phi) is 8.58. The van der Waals surface area contributed by atoms with E-state index in [1.807, 2.05) is 6.92 Å². The van der Waals surface area contributed by atoms with Crippen molar-refractivity contribution in [2.24, 2.45) is 0 Å². The van der Waals surface area contributed by atoms with Crippen molar-refractivity contribution in [2.45, 2.75) is 39.7 Å². The molecule has 1 aliphatic rings. The molecular weight excluding hydrogens is 538 g/mol. The monoisotopic (exact) mass is 565 g/mol.